The predicted molar refractivity (Wildman–Crippen MR) is 106 cm³/mol. The van der Waals surface area contributed by atoms with Gasteiger partial charge in [0.15, 0.2) is 17.5 Å². The van der Waals surface area contributed by atoms with Gasteiger partial charge in [-0.3, -0.25) is 0 Å². The van der Waals surface area contributed by atoms with E-state index in [1.807, 2.05) is 72.8 Å². The molecule has 3 aromatic carbocycles. The van der Waals surface area contributed by atoms with Crippen molar-refractivity contribution in [3.63, 3.8) is 0 Å². The van der Waals surface area contributed by atoms with Crippen molar-refractivity contribution in [2.24, 2.45) is 0 Å². The quantitative estimate of drug-likeness (QED) is 0.556. The summed E-state index contributed by atoms with van der Waals surface area (Å²) in [4.78, 5) is 14.0. The molecule has 0 fully saturated rings. The molecule has 0 saturated heterocycles. The SMILES string of the molecule is OBOc1cccc(-c2nc(-c3ccccc3)nc(-c3ccccc3)n2)c1. The van der Waals surface area contributed by atoms with Crippen LogP contribution in [0.15, 0.2) is 84.9 Å². The third-order valence-corrected chi connectivity index (χ3v) is 4.02. The van der Waals surface area contributed by atoms with Gasteiger partial charge in [0.25, 0.3) is 0 Å². The van der Waals surface area contributed by atoms with Gasteiger partial charge in [0.2, 0.25) is 0 Å². The smallest absolute Gasteiger partial charge is 0.504 e. The van der Waals surface area contributed by atoms with Gasteiger partial charge < -0.3 is 9.68 Å². The third kappa shape index (κ3) is 3.86. The van der Waals surface area contributed by atoms with Crippen molar-refractivity contribution < 1.29 is 9.68 Å². The highest BCUT2D eigenvalue weighted by Crippen LogP contribution is 2.26. The highest BCUT2D eigenvalue weighted by atomic mass is 16.5. The zero-order valence-electron chi connectivity index (χ0n) is 14.5. The van der Waals surface area contributed by atoms with Crippen LogP contribution in [0.4, 0.5) is 0 Å². The summed E-state index contributed by atoms with van der Waals surface area (Å²) in [6, 6.07) is 26.9. The Morgan fingerprint density at radius 1 is 0.593 bits per heavy atom. The number of hydrogen-bond donors (Lipinski definition) is 1. The Kier molecular flexibility index (Phi) is 4.89. The Morgan fingerprint density at radius 2 is 1.07 bits per heavy atom. The summed E-state index contributed by atoms with van der Waals surface area (Å²) < 4.78 is 5.18. The van der Waals surface area contributed by atoms with Crippen LogP contribution < -0.4 is 4.65 Å². The van der Waals surface area contributed by atoms with E-state index in [1.165, 1.54) is 0 Å². The molecule has 1 N–H and O–H groups in total. The van der Waals surface area contributed by atoms with Gasteiger partial charge in [0.05, 0.1) is 0 Å². The van der Waals surface area contributed by atoms with Crippen LogP contribution in [0, 0.1) is 0 Å². The molecule has 27 heavy (non-hydrogen) atoms. The van der Waals surface area contributed by atoms with E-state index in [0.717, 1.165) is 16.7 Å². The summed E-state index contributed by atoms with van der Waals surface area (Å²) in [5, 5.41) is 9.00. The molecular weight excluding hydrogens is 337 g/mol. The first-order chi connectivity index (χ1) is 13.3. The molecule has 0 aliphatic carbocycles. The van der Waals surface area contributed by atoms with Gasteiger partial charge in [0.1, 0.15) is 5.75 Å². The van der Waals surface area contributed by atoms with Crippen LogP contribution >= 0.6 is 0 Å². The molecule has 0 amide bonds. The van der Waals surface area contributed by atoms with Gasteiger partial charge in [-0.15, -0.1) is 0 Å². The summed E-state index contributed by atoms with van der Waals surface area (Å²) in [7, 11) is -0.384. The van der Waals surface area contributed by atoms with Gasteiger partial charge >= 0.3 is 7.69 Å². The Balaban J connectivity index is 1.87. The molecule has 0 unspecified atom stereocenters. The van der Waals surface area contributed by atoms with Gasteiger partial charge in [-0.2, -0.15) is 0 Å². The first kappa shape index (κ1) is 16.9. The summed E-state index contributed by atoms with van der Waals surface area (Å²) in [5.74, 6) is 2.31. The molecule has 0 aliphatic rings. The summed E-state index contributed by atoms with van der Waals surface area (Å²) in [5.41, 5.74) is 2.62. The lowest BCUT2D eigenvalue weighted by Gasteiger charge is -2.09. The summed E-state index contributed by atoms with van der Waals surface area (Å²) in [6.07, 6.45) is 0. The first-order valence-electron chi connectivity index (χ1n) is 8.54. The average Bonchev–Trinajstić information content (AvgIpc) is 2.75. The molecule has 0 saturated carbocycles. The van der Waals surface area contributed by atoms with E-state index in [2.05, 4.69) is 15.0 Å². The second kappa shape index (κ2) is 7.80. The van der Waals surface area contributed by atoms with Crippen molar-refractivity contribution in [1.29, 1.82) is 0 Å². The minimum absolute atomic E-state index is 0.384. The minimum Gasteiger partial charge on any atom is -0.539 e. The molecule has 4 aromatic rings. The second-order valence-electron chi connectivity index (χ2n) is 5.84. The lowest BCUT2D eigenvalue weighted by atomic mass is 10.1. The summed E-state index contributed by atoms with van der Waals surface area (Å²) in [6.45, 7) is 0. The highest BCUT2D eigenvalue weighted by molar-refractivity contribution is 6.17. The predicted octanol–water partition coefficient (Wildman–Crippen LogP) is 3.51. The van der Waals surface area contributed by atoms with Crippen molar-refractivity contribution in [2.45, 2.75) is 0 Å². The van der Waals surface area contributed by atoms with E-state index in [9.17, 15) is 0 Å². The van der Waals surface area contributed by atoms with Crippen molar-refractivity contribution in [1.82, 2.24) is 15.0 Å². The third-order valence-electron chi connectivity index (χ3n) is 4.02. The molecule has 0 spiro atoms. The van der Waals surface area contributed by atoms with Crippen LogP contribution in [0.1, 0.15) is 0 Å². The second-order valence-corrected chi connectivity index (χ2v) is 5.84. The minimum atomic E-state index is -0.384. The van der Waals surface area contributed by atoms with Crippen molar-refractivity contribution >= 4 is 7.69 Å². The van der Waals surface area contributed by atoms with E-state index in [0.29, 0.717) is 23.2 Å². The van der Waals surface area contributed by atoms with E-state index < -0.39 is 0 Å². The maximum absolute atomic E-state index is 9.00. The van der Waals surface area contributed by atoms with Gasteiger partial charge in [-0.25, -0.2) is 15.0 Å². The largest absolute Gasteiger partial charge is 0.539 e. The average molecular weight is 353 g/mol. The van der Waals surface area contributed by atoms with Crippen LogP contribution in [-0.4, -0.2) is 27.7 Å². The molecule has 1 heterocycles. The Bertz CT molecular complexity index is 986. The normalized spacial score (nSPS) is 10.4. The van der Waals surface area contributed by atoms with E-state index >= 15 is 0 Å². The number of hydrogen-bond acceptors (Lipinski definition) is 5. The van der Waals surface area contributed by atoms with Crippen molar-refractivity contribution in [3.05, 3.63) is 84.9 Å². The zero-order chi connectivity index (χ0) is 18.5. The van der Waals surface area contributed by atoms with Crippen molar-refractivity contribution in [2.75, 3.05) is 0 Å². The maximum atomic E-state index is 9.00. The Morgan fingerprint density at radius 3 is 1.59 bits per heavy atom. The van der Waals surface area contributed by atoms with E-state index in [-0.39, 0.29) is 7.69 Å². The number of nitrogens with zero attached hydrogens (tertiary/aromatic N) is 3. The van der Waals surface area contributed by atoms with Crippen LogP contribution in [0.25, 0.3) is 34.2 Å². The molecular formula is C21H16BN3O2. The number of aromatic nitrogens is 3. The topological polar surface area (TPSA) is 68.1 Å². The van der Waals surface area contributed by atoms with Crippen molar-refractivity contribution in [3.8, 4) is 39.9 Å². The number of rotatable bonds is 5. The van der Waals surface area contributed by atoms with Crippen LogP contribution in [0.5, 0.6) is 5.75 Å². The number of benzene rings is 3. The summed E-state index contributed by atoms with van der Waals surface area (Å²) >= 11 is 0. The maximum Gasteiger partial charge on any atom is 0.504 e. The molecule has 5 nitrogen and oxygen atoms in total. The molecule has 6 heteroatoms. The van der Waals surface area contributed by atoms with E-state index in [1.54, 1.807) is 12.1 Å². The standard InChI is InChI=1S/C21H16BN3O2/c26-22-27-18-13-7-12-17(14-18)21-24-19(15-8-3-1-4-9-15)23-20(25-21)16-10-5-2-6-11-16/h1-14,22,26H. The Hall–Kier alpha value is -3.51. The van der Waals surface area contributed by atoms with Gasteiger partial charge in [-0.1, -0.05) is 72.8 Å². The van der Waals surface area contributed by atoms with Crippen LogP contribution in [0.2, 0.25) is 0 Å². The van der Waals surface area contributed by atoms with Gasteiger partial charge in [-0.05, 0) is 12.1 Å². The Labute approximate surface area is 157 Å². The fraction of sp³-hybridized carbons (Fsp3) is 0. The zero-order valence-corrected chi connectivity index (χ0v) is 14.5. The molecule has 0 atom stereocenters. The van der Waals surface area contributed by atoms with Crippen LogP contribution in [-0.2, 0) is 0 Å². The first-order valence-corrected chi connectivity index (χ1v) is 8.54. The van der Waals surface area contributed by atoms with Crippen LogP contribution in [0.3, 0.4) is 0 Å². The van der Waals surface area contributed by atoms with Gasteiger partial charge in [0, 0.05) is 16.7 Å². The highest BCUT2D eigenvalue weighted by Gasteiger charge is 2.12. The molecule has 1 aromatic heterocycles. The lowest BCUT2D eigenvalue weighted by molar-refractivity contribution is 0.454. The molecule has 0 bridgehead atoms. The fourth-order valence-corrected chi connectivity index (χ4v) is 2.74. The monoisotopic (exact) mass is 353 g/mol. The molecule has 0 radical (unpaired) electrons. The fourth-order valence-electron chi connectivity index (χ4n) is 2.74. The lowest BCUT2D eigenvalue weighted by Crippen LogP contribution is -2.02. The molecule has 4 rings (SSSR count). The molecule has 0 aliphatic heterocycles. The molecule has 130 valence electrons. The van der Waals surface area contributed by atoms with E-state index in [4.69, 9.17) is 9.68 Å².